The third kappa shape index (κ3) is 4.88. The number of nitrogens with zero attached hydrogens (tertiary/aromatic N) is 3. The molecule has 1 aromatic carbocycles. The molecule has 1 atom stereocenters. The number of carbonyl (C=O) groups excluding carboxylic acids is 3. The first kappa shape index (κ1) is 20.7. The summed E-state index contributed by atoms with van der Waals surface area (Å²) in [6.07, 6.45) is 2.66. The molecule has 8 heteroatoms. The summed E-state index contributed by atoms with van der Waals surface area (Å²) in [4.78, 5) is 41.6. The van der Waals surface area contributed by atoms with Crippen molar-refractivity contribution in [1.82, 2.24) is 9.80 Å². The van der Waals surface area contributed by atoms with E-state index in [1.54, 1.807) is 15.9 Å². The third-order valence-electron chi connectivity index (χ3n) is 4.82. The first-order chi connectivity index (χ1) is 13.7. The van der Waals surface area contributed by atoms with Gasteiger partial charge in [-0.2, -0.15) is 0 Å². The molecule has 8 nitrogen and oxygen atoms in total. The van der Waals surface area contributed by atoms with Crippen molar-refractivity contribution in [2.75, 3.05) is 38.2 Å². The van der Waals surface area contributed by atoms with Gasteiger partial charge >= 0.3 is 18.1 Å². The van der Waals surface area contributed by atoms with Crippen LogP contribution in [-0.2, 0) is 14.3 Å². The van der Waals surface area contributed by atoms with E-state index in [1.165, 1.54) is 13.2 Å². The molecule has 0 N–H and O–H groups in total. The van der Waals surface area contributed by atoms with Gasteiger partial charge in [-0.15, -0.1) is 0 Å². The van der Waals surface area contributed by atoms with Gasteiger partial charge in [0.2, 0.25) is 0 Å². The number of fused-ring (bicyclic) bond motifs is 1. The van der Waals surface area contributed by atoms with Crippen molar-refractivity contribution in [2.45, 2.75) is 32.4 Å². The van der Waals surface area contributed by atoms with Crippen molar-refractivity contribution in [3.63, 3.8) is 0 Å². The molecule has 0 aliphatic carbocycles. The average Bonchev–Trinajstić information content (AvgIpc) is 3.01. The number of esters is 1. The fourth-order valence-corrected chi connectivity index (χ4v) is 3.41. The fourth-order valence-electron chi connectivity index (χ4n) is 3.41. The summed E-state index contributed by atoms with van der Waals surface area (Å²) in [7, 11) is 1.33. The summed E-state index contributed by atoms with van der Waals surface area (Å²) in [5.41, 5.74) is 1.07. The van der Waals surface area contributed by atoms with Gasteiger partial charge in [0.05, 0.1) is 13.2 Å². The number of hydrogen-bond donors (Lipinski definition) is 0. The lowest BCUT2D eigenvalue weighted by atomic mass is 10.1. The largest absolute Gasteiger partial charge is 0.466 e. The summed E-state index contributed by atoms with van der Waals surface area (Å²) in [5, 5.41) is 0. The van der Waals surface area contributed by atoms with Gasteiger partial charge in [-0.05, 0) is 44.5 Å². The molecular formula is C21H27N3O5. The van der Waals surface area contributed by atoms with Gasteiger partial charge in [-0.25, -0.2) is 14.4 Å². The van der Waals surface area contributed by atoms with Gasteiger partial charge < -0.3 is 19.3 Å². The van der Waals surface area contributed by atoms with Crippen molar-refractivity contribution in [3.05, 3.63) is 35.9 Å². The molecule has 1 aromatic rings. The molecule has 156 valence electrons. The molecule has 0 radical (unpaired) electrons. The molecule has 0 bridgehead atoms. The highest BCUT2D eigenvalue weighted by atomic mass is 16.6. The Hall–Kier alpha value is -3.03. The smallest absolute Gasteiger partial charge is 0.410 e. The number of anilines is 1. The van der Waals surface area contributed by atoms with Crippen molar-refractivity contribution >= 4 is 29.9 Å². The number of ether oxygens (including phenoxy) is 2. The Morgan fingerprint density at radius 2 is 1.79 bits per heavy atom. The van der Waals surface area contributed by atoms with Crippen LogP contribution in [0.1, 0.15) is 26.3 Å². The fraction of sp³-hybridized carbons (Fsp3) is 0.476. The average molecular weight is 401 g/mol. The number of piperazine rings is 1. The minimum Gasteiger partial charge on any atom is -0.466 e. The number of benzene rings is 1. The Morgan fingerprint density at radius 1 is 1.10 bits per heavy atom. The molecule has 2 saturated heterocycles. The van der Waals surface area contributed by atoms with Gasteiger partial charge in [0, 0.05) is 37.9 Å². The maximum atomic E-state index is 12.8. The van der Waals surface area contributed by atoms with Crippen LogP contribution < -0.4 is 4.90 Å². The highest BCUT2D eigenvalue weighted by Crippen LogP contribution is 2.27. The highest BCUT2D eigenvalue weighted by Gasteiger charge is 2.42. The monoisotopic (exact) mass is 401 g/mol. The second-order valence-electron chi connectivity index (χ2n) is 8.11. The van der Waals surface area contributed by atoms with E-state index in [9.17, 15) is 14.4 Å². The molecule has 0 saturated carbocycles. The molecule has 3 amide bonds. The first-order valence-electron chi connectivity index (χ1n) is 9.60. The Labute approximate surface area is 170 Å². The molecule has 0 spiro atoms. The number of methoxy groups -OCH3 is 1. The van der Waals surface area contributed by atoms with E-state index in [4.69, 9.17) is 4.74 Å². The maximum Gasteiger partial charge on any atom is 0.410 e. The lowest BCUT2D eigenvalue weighted by molar-refractivity contribution is -0.134. The molecular weight excluding hydrogens is 374 g/mol. The third-order valence-corrected chi connectivity index (χ3v) is 4.82. The predicted molar refractivity (Wildman–Crippen MR) is 109 cm³/mol. The zero-order valence-electron chi connectivity index (χ0n) is 17.3. The topological polar surface area (TPSA) is 79.4 Å². The first-order valence-corrected chi connectivity index (χ1v) is 9.60. The normalized spacial score (nSPS) is 19.5. The summed E-state index contributed by atoms with van der Waals surface area (Å²) in [5.74, 6) is -0.421. The van der Waals surface area contributed by atoms with Gasteiger partial charge in [0.25, 0.3) is 0 Å². The van der Waals surface area contributed by atoms with E-state index < -0.39 is 11.6 Å². The zero-order valence-corrected chi connectivity index (χ0v) is 17.3. The molecule has 2 aliphatic rings. The van der Waals surface area contributed by atoms with Crippen molar-refractivity contribution < 1.29 is 23.9 Å². The van der Waals surface area contributed by atoms with Crippen LogP contribution in [0.2, 0.25) is 0 Å². The van der Waals surface area contributed by atoms with E-state index in [-0.39, 0.29) is 18.2 Å². The van der Waals surface area contributed by atoms with Gasteiger partial charge in [-0.1, -0.05) is 12.1 Å². The van der Waals surface area contributed by atoms with Crippen molar-refractivity contribution in [2.24, 2.45) is 0 Å². The molecule has 2 heterocycles. The summed E-state index contributed by atoms with van der Waals surface area (Å²) in [6.45, 7) is 7.43. The number of carbonyl (C=O) groups is 3. The Balaban J connectivity index is 1.65. The van der Waals surface area contributed by atoms with Crippen molar-refractivity contribution in [3.8, 4) is 0 Å². The molecule has 2 aliphatic heterocycles. The van der Waals surface area contributed by atoms with Crippen LogP contribution in [0, 0.1) is 0 Å². The Morgan fingerprint density at radius 3 is 2.41 bits per heavy atom. The maximum absolute atomic E-state index is 12.8. The lowest BCUT2D eigenvalue weighted by Gasteiger charge is -2.36. The molecule has 0 aromatic heterocycles. The van der Waals surface area contributed by atoms with E-state index in [1.807, 2.05) is 49.9 Å². The lowest BCUT2D eigenvalue weighted by Crippen LogP contribution is -2.54. The summed E-state index contributed by atoms with van der Waals surface area (Å²) in [6, 6.07) is 7.25. The van der Waals surface area contributed by atoms with Crippen LogP contribution in [-0.4, -0.2) is 72.8 Å². The minimum atomic E-state index is -0.546. The van der Waals surface area contributed by atoms with Gasteiger partial charge in [0.1, 0.15) is 5.60 Å². The van der Waals surface area contributed by atoms with Gasteiger partial charge in [-0.3, -0.25) is 4.90 Å². The SMILES string of the molecule is COC(=O)/C=C/c1ccc(N2CC3CN(C(=O)OC(C)(C)C)CCN3C2=O)cc1. The summed E-state index contributed by atoms with van der Waals surface area (Å²) >= 11 is 0. The van der Waals surface area contributed by atoms with Gasteiger partial charge in [0.15, 0.2) is 0 Å². The second-order valence-corrected chi connectivity index (χ2v) is 8.11. The van der Waals surface area contributed by atoms with E-state index >= 15 is 0 Å². The second kappa shape index (κ2) is 8.14. The number of urea groups is 1. The van der Waals surface area contributed by atoms with Crippen molar-refractivity contribution in [1.29, 1.82) is 0 Å². The highest BCUT2D eigenvalue weighted by molar-refractivity contribution is 5.95. The van der Waals surface area contributed by atoms with Crippen LogP contribution in [0.25, 0.3) is 6.08 Å². The number of rotatable bonds is 3. The molecule has 3 rings (SSSR count). The Kier molecular flexibility index (Phi) is 5.81. The van der Waals surface area contributed by atoms with Crippen LogP contribution in [0.15, 0.2) is 30.3 Å². The minimum absolute atomic E-state index is 0.0586. The Bertz CT molecular complexity index is 813. The van der Waals surface area contributed by atoms with Crippen LogP contribution in [0.3, 0.4) is 0 Å². The van der Waals surface area contributed by atoms with Crippen LogP contribution in [0.4, 0.5) is 15.3 Å². The standard InChI is InChI=1S/C21H27N3O5/c1-21(2,3)29-20(27)22-11-12-23-17(13-22)14-24(19(23)26)16-8-5-15(6-9-16)7-10-18(25)28-4/h5-10,17H,11-14H2,1-4H3/b10-7+. The van der Waals surface area contributed by atoms with E-state index in [0.29, 0.717) is 26.2 Å². The number of hydrogen-bond acceptors (Lipinski definition) is 5. The van der Waals surface area contributed by atoms with E-state index in [2.05, 4.69) is 4.74 Å². The molecule has 1 unspecified atom stereocenters. The van der Waals surface area contributed by atoms with Crippen LogP contribution >= 0.6 is 0 Å². The molecule has 2 fully saturated rings. The molecule has 29 heavy (non-hydrogen) atoms. The summed E-state index contributed by atoms with van der Waals surface area (Å²) < 4.78 is 10.0. The quantitative estimate of drug-likeness (QED) is 0.575. The number of amides is 3. The van der Waals surface area contributed by atoms with Crippen LogP contribution in [0.5, 0.6) is 0 Å². The van der Waals surface area contributed by atoms with E-state index in [0.717, 1.165) is 11.3 Å². The predicted octanol–water partition coefficient (Wildman–Crippen LogP) is 2.73. The zero-order chi connectivity index (χ0) is 21.2.